The zero-order valence-electron chi connectivity index (χ0n) is 14.5. The minimum absolute atomic E-state index is 0.174. The molecule has 0 fully saturated rings. The lowest BCUT2D eigenvalue weighted by Crippen LogP contribution is -2.12. The van der Waals surface area contributed by atoms with Crippen LogP contribution in [0.1, 0.15) is 11.8 Å². The molecule has 0 amide bonds. The third kappa shape index (κ3) is 4.20. The number of nitrogens with zero attached hydrogens (tertiary/aromatic N) is 4. The van der Waals surface area contributed by atoms with Gasteiger partial charge in [0.25, 0.3) is 0 Å². The molecular formula is C17H17ClN4O2S2. The molecule has 136 valence electrons. The van der Waals surface area contributed by atoms with E-state index in [1.807, 2.05) is 31.1 Å². The molecule has 0 atom stereocenters. The van der Waals surface area contributed by atoms with Crippen molar-refractivity contribution in [1.82, 2.24) is 15.0 Å². The van der Waals surface area contributed by atoms with Crippen molar-refractivity contribution in [2.24, 2.45) is 0 Å². The predicted molar refractivity (Wildman–Crippen MR) is 106 cm³/mol. The van der Waals surface area contributed by atoms with Crippen LogP contribution in [0.3, 0.4) is 0 Å². The van der Waals surface area contributed by atoms with Crippen molar-refractivity contribution in [2.45, 2.75) is 13.3 Å². The van der Waals surface area contributed by atoms with Gasteiger partial charge in [0.2, 0.25) is 5.95 Å². The van der Waals surface area contributed by atoms with Gasteiger partial charge in [0.15, 0.2) is 0 Å². The maximum absolute atomic E-state index is 12.0. The van der Waals surface area contributed by atoms with E-state index in [2.05, 4.69) is 9.97 Å². The molecule has 0 spiro atoms. The largest absolute Gasteiger partial charge is 0.466 e. The standard InChI is InChI=1S/C17H17ClN4O2S2/c1-4-24-14(23)7-12-15(11-5-6-13(18)25-11)21-16(26-12)10-8-19-17(20-9-10)22(2)3/h5-6,8-9H,4,7H2,1-3H3. The van der Waals surface area contributed by atoms with E-state index in [-0.39, 0.29) is 12.4 Å². The molecule has 0 aromatic carbocycles. The second-order valence-corrected chi connectivity index (χ2v) is 8.34. The molecule has 0 saturated carbocycles. The Morgan fingerprint density at radius 2 is 1.96 bits per heavy atom. The first-order chi connectivity index (χ1) is 12.5. The van der Waals surface area contributed by atoms with Gasteiger partial charge in [-0.1, -0.05) is 11.6 Å². The highest BCUT2D eigenvalue weighted by Crippen LogP contribution is 2.38. The number of aromatic nitrogens is 3. The summed E-state index contributed by atoms with van der Waals surface area (Å²) >= 11 is 8.94. The Labute approximate surface area is 164 Å². The summed E-state index contributed by atoms with van der Waals surface area (Å²) in [5, 5.41) is 0.758. The number of esters is 1. The third-order valence-corrected chi connectivity index (χ3v) is 5.74. The Kier molecular flexibility index (Phi) is 5.85. The predicted octanol–water partition coefficient (Wildman–Crippen LogP) is 4.15. The average molecular weight is 409 g/mol. The highest BCUT2D eigenvalue weighted by atomic mass is 35.5. The number of anilines is 1. The molecule has 0 bridgehead atoms. The van der Waals surface area contributed by atoms with E-state index >= 15 is 0 Å². The fourth-order valence-electron chi connectivity index (χ4n) is 2.23. The molecule has 6 nitrogen and oxygen atoms in total. The summed E-state index contributed by atoms with van der Waals surface area (Å²) in [5.41, 5.74) is 1.56. The molecule has 9 heteroatoms. The molecule has 0 aliphatic rings. The number of thiophene rings is 1. The highest BCUT2D eigenvalue weighted by Gasteiger charge is 2.19. The molecule has 3 aromatic rings. The van der Waals surface area contributed by atoms with Crippen molar-refractivity contribution < 1.29 is 9.53 Å². The Bertz CT molecular complexity index is 906. The molecule has 3 heterocycles. The second kappa shape index (κ2) is 8.11. The van der Waals surface area contributed by atoms with Crippen molar-refractivity contribution in [3.05, 3.63) is 33.7 Å². The van der Waals surface area contributed by atoms with Crippen molar-refractivity contribution in [1.29, 1.82) is 0 Å². The quantitative estimate of drug-likeness (QED) is 0.570. The van der Waals surface area contributed by atoms with Crippen LogP contribution in [0.4, 0.5) is 5.95 Å². The average Bonchev–Trinajstić information content (AvgIpc) is 3.21. The lowest BCUT2D eigenvalue weighted by molar-refractivity contribution is -0.142. The van der Waals surface area contributed by atoms with Crippen LogP contribution in [0.25, 0.3) is 21.1 Å². The summed E-state index contributed by atoms with van der Waals surface area (Å²) in [6, 6.07) is 3.73. The van der Waals surface area contributed by atoms with Gasteiger partial charge in [-0.3, -0.25) is 4.79 Å². The third-order valence-electron chi connectivity index (χ3n) is 3.40. The van der Waals surface area contributed by atoms with E-state index in [9.17, 15) is 4.79 Å². The summed E-state index contributed by atoms with van der Waals surface area (Å²) in [6.07, 6.45) is 3.65. The molecule has 0 unspecified atom stereocenters. The second-order valence-electron chi connectivity index (χ2n) is 5.54. The van der Waals surface area contributed by atoms with Crippen LogP contribution >= 0.6 is 34.3 Å². The zero-order valence-corrected chi connectivity index (χ0v) is 16.9. The monoisotopic (exact) mass is 408 g/mol. The van der Waals surface area contributed by atoms with E-state index in [1.165, 1.54) is 22.7 Å². The van der Waals surface area contributed by atoms with Crippen LogP contribution in [-0.4, -0.2) is 41.6 Å². The van der Waals surface area contributed by atoms with Crippen LogP contribution < -0.4 is 4.90 Å². The zero-order chi connectivity index (χ0) is 18.7. The smallest absolute Gasteiger partial charge is 0.311 e. The Morgan fingerprint density at radius 3 is 2.54 bits per heavy atom. The molecular weight excluding hydrogens is 392 g/mol. The maximum Gasteiger partial charge on any atom is 0.311 e. The van der Waals surface area contributed by atoms with Crippen LogP contribution in [0.5, 0.6) is 0 Å². The number of rotatable bonds is 6. The van der Waals surface area contributed by atoms with Gasteiger partial charge in [0.05, 0.1) is 27.9 Å². The number of ether oxygens (including phenoxy) is 1. The Morgan fingerprint density at radius 1 is 1.23 bits per heavy atom. The number of halogens is 1. The fraction of sp³-hybridized carbons (Fsp3) is 0.294. The number of thiazole rings is 1. The van der Waals surface area contributed by atoms with E-state index in [4.69, 9.17) is 21.3 Å². The van der Waals surface area contributed by atoms with Gasteiger partial charge >= 0.3 is 5.97 Å². The summed E-state index contributed by atoms with van der Waals surface area (Å²) in [5.74, 6) is 0.355. The van der Waals surface area contributed by atoms with Crippen molar-refractivity contribution in [2.75, 3.05) is 25.6 Å². The Balaban J connectivity index is 1.98. The van der Waals surface area contributed by atoms with E-state index < -0.39 is 0 Å². The summed E-state index contributed by atoms with van der Waals surface area (Å²) in [4.78, 5) is 28.9. The molecule has 0 aliphatic carbocycles. The topological polar surface area (TPSA) is 68.2 Å². The Hall–Kier alpha value is -2.03. The minimum atomic E-state index is -0.272. The molecule has 26 heavy (non-hydrogen) atoms. The molecule has 0 saturated heterocycles. The van der Waals surface area contributed by atoms with Gasteiger partial charge in [-0.15, -0.1) is 22.7 Å². The van der Waals surface area contributed by atoms with Crippen molar-refractivity contribution >= 4 is 46.2 Å². The van der Waals surface area contributed by atoms with Gasteiger partial charge < -0.3 is 9.64 Å². The molecule has 0 radical (unpaired) electrons. The number of hydrogen-bond donors (Lipinski definition) is 0. The summed E-state index contributed by atoms with van der Waals surface area (Å²) < 4.78 is 5.76. The molecule has 3 rings (SSSR count). The van der Waals surface area contributed by atoms with Gasteiger partial charge in [0, 0.05) is 36.9 Å². The molecule has 0 N–H and O–H groups in total. The first-order valence-corrected chi connectivity index (χ1v) is 9.89. The van der Waals surface area contributed by atoms with Gasteiger partial charge in [0.1, 0.15) is 5.01 Å². The van der Waals surface area contributed by atoms with Crippen LogP contribution in [0.15, 0.2) is 24.5 Å². The normalized spacial score (nSPS) is 10.8. The van der Waals surface area contributed by atoms with Crippen molar-refractivity contribution in [3.63, 3.8) is 0 Å². The lowest BCUT2D eigenvalue weighted by Gasteiger charge is -2.08. The van der Waals surface area contributed by atoms with E-state index in [0.717, 1.165) is 26.0 Å². The SMILES string of the molecule is CCOC(=O)Cc1sc(-c2cnc(N(C)C)nc2)nc1-c1ccc(Cl)s1. The molecule has 3 aromatic heterocycles. The summed E-state index contributed by atoms with van der Waals surface area (Å²) in [7, 11) is 3.77. The van der Waals surface area contributed by atoms with Crippen LogP contribution in [0.2, 0.25) is 4.34 Å². The minimum Gasteiger partial charge on any atom is -0.466 e. The van der Waals surface area contributed by atoms with Crippen molar-refractivity contribution in [3.8, 4) is 21.1 Å². The van der Waals surface area contributed by atoms with Crippen LogP contribution in [-0.2, 0) is 16.0 Å². The van der Waals surface area contributed by atoms with Crippen LogP contribution in [0, 0.1) is 0 Å². The van der Waals surface area contributed by atoms with Gasteiger partial charge in [-0.05, 0) is 19.1 Å². The molecule has 0 aliphatic heterocycles. The number of hydrogen-bond acceptors (Lipinski definition) is 8. The lowest BCUT2D eigenvalue weighted by atomic mass is 10.2. The first kappa shape index (κ1) is 18.8. The van der Waals surface area contributed by atoms with E-state index in [1.54, 1.807) is 19.3 Å². The van der Waals surface area contributed by atoms with Gasteiger partial charge in [-0.25, -0.2) is 15.0 Å². The maximum atomic E-state index is 12.0. The number of carbonyl (C=O) groups is 1. The van der Waals surface area contributed by atoms with Gasteiger partial charge in [-0.2, -0.15) is 0 Å². The highest BCUT2D eigenvalue weighted by molar-refractivity contribution is 7.20. The van der Waals surface area contributed by atoms with E-state index in [0.29, 0.717) is 16.9 Å². The number of carbonyl (C=O) groups excluding carboxylic acids is 1. The fourth-order valence-corrected chi connectivity index (χ4v) is 4.40. The summed E-state index contributed by atoms with van der Waals surface area (Å²) in [6.45, 7) is 2.14. The first-order valence-electron chi connectivity index (χ1n) is 7.88.